The normalized spacial score (nSPS) is 11.9. The lowest BCUT2D eigenvalue weighted by Gasteiger charge is -2.14. The van der Waals surface area contributed by atoms with Crippen molar-refractivity contribution in [1.29, 1.82) is 5.41 Å². The highest BCUT2D eigenvalue weighted by atomic mass is 19.4. The Morgan fingerprint density at radius 3 is 2.70 bits per heavy atom. The highest BCUT2D eigenvalue weighted by molar-refractivity contribution is 6.09. The van der Waals surface area contributed by atoms with Crippen LogP contribution in [0.25, 0.3) is 10.9 Å². The summed E-state index contributed by atoms with van der Waals surface area (Å²) in [7, 11) is 2.92. The Balaban J connectivity index is 1.80. The molecule has 0 saturated heterocycles. The number of rotatable bonds is 5. The number of aromatic nitrogens is 2. The number of carbonyl (C=O) groups is 1. The Hall–Kier alpha value is -4.09. The quantitative estimate of drug-likeness (QED) is 0.295. The van der Waals surface area contributed by atoms with Gasteiger partial charge in [0.25, 0.3) is 5.91 Å². The van der Waals surface area contributed by atoms with Gasteiger partial charge in [0.1, 0.15) is 12.3 Å². The van der Waals surface area contributed by atoms with Crippen molar-refractivity contribution in [2.24, 2.45) is 4.99 Å². The topological polar surface area (TPSA) is 127 Å². The molecule has 1 heterocycles. The maximum atomic E-state index is 12.4. The third kappa shape index (κ3) is 5.59. The number of hydrogen-bond acceptors (Lipinski definition) is 4. The summed E-state index contributed by atoms with van der Waals surface area (Å²) in [6.07, 6.45) is -2.82. The fourth-order valence-corrected chi connectivity index (χ4v) is 3.05. The number of aromatic amines is 1. The van der Waals surface area contributed by atoms with Crippen LogP contribution < -0.4 is 20.7 Å². The van der Waals surface area contributed by atoms with Crippen molar-refractivity contribution >= 4 is 34.3 Å². The maximum Gasteiger partial charge on any atom is 0.405 e. The van der Waals surface area contributed by atoms with E-state index in [2.05, 4.69) is 25.8 Å². The fourth-order valence-electron chi connectivity index (χ4n) is 3.05. The van der Waals surface area contributed by atoms with Gasteiger partial charge in [0, 0.05) is 23.7 Å². The van der Waals surface area contributed by atoms with E-state index in [0.717, 1.165) is 22.2 Å². The molecule has 0 radical (unpaired) electrons. The molecule has 0 aliphatic carbocycles. The molecule has 1 amide bonds. The van der Waals surface area contributed by atoms with Gasteiger partial charge in [-0.3, -0.25) is 15.3 Å². The molecule has 3 aromatic rings. The molecule has 0 unspecified atom stereocenters. The highest BCUT2D eigenvalue weighted by Crippen LogP contribution is 2.24. The monoisotopic (exact) mass is 461 g/mol. The molecule has 0 aliphatic rings. The van der Waals surface area contributed by atoms with Gasteiger partial charge < -0.3 is 20.7 Å². The molecule has 2 aromatic carbocycles. The second-order valence-corrected chi connectivity index (χ2v) is 6.97. The minimum atomic E-state index is -4.53. The fraction of sp³-hybridized carbons (Fsp3) is 0.238. The minimum Gasteiger partial charge on any atom is -0.496 e. The summed E-state index contributed by atoms with van der Waals surface area (Å²) in [6.45, 7) is 0.463. The number of carbonyl (C=O) groups excluding carboxylic acids is 1. The smallest absolute Gasteiger partial charge is 0.405 e. The number of methoxy groups -OCH3 is 1. The van der Waals surface area contributed by atoms with Crippen LogP contribution in [0.2, 0.25) is 0 Å². The second kappa shape index (κ2) is 9.59. The molecule has 1 aromatic heterocycles. The summed E-state index contributed by atoms with van der Waals surface area (Å²) in [5.41, 5.74) is 2.81. The lowest BCUT2D eigenvalue weighted by molar-refractivity contribution is -0.123. The zero-order valence-corrected chi connectivity index (χ0v) is 18.0. The number of guanidine groups is 1. The standard InChI is InChI=1S/C21H22F3N7O2/c1-11-14-9-28-31-16(14)7-6-15(11)29-20(26-2)30-18(25)12-4-5-13(17(8-12)33-3)19(32)27-10-21(22,23)24/h4-9H,10H2,1-3H3,(H,27,32)(H,28,31)(H3,25,26,29,30). The molecule has 0 spiro atoms. The largest absolute Gasteiger partial charge is 0.496 e. The van der Waals surface area contributed by atoms with Crippen LogP contribution in [0.4, 0.5) is 18.9 Å². The summed E-state index contributed by atoms with van der Waals surface area (Å²) < 4.78 is 42.3. The van der Waals surface area contributed by atoms with Crippen molar-refractivity contribution in [2.75, 3.05) is 26.0 Å². The number of halogens is 3. The van der Waals surface area contributed by atoms with Crippen molar-refractivity contribution in [3.8, 4) is 5.75 Å². The van der Waals surface area contributed by atoms with E-state index in [1.54, 1.807) is 18.6 Å². The van der Waals surface area contributed by atoms with Crippen LogP contribution in [-0.2, 0) is 0 Å². The molecule has 33 heavy (non-hydrogen) atoms. The van der Waals surface area contributed by atoms with E-state index in [0.29, 0.717) is 5.56 Å². The van der Waals surface area contributed by atoms with Gasteiger partial charge in [-0.1, -0.05) is 6.07 Å². The molecule has 5 N–H and O–H groups in total. The number of anilines is 1. The summed E-state index contributed by atoms with van der Waals surface area (Å²) in [4.78, 5) is 16.3. The summed E-state index contributed by atoms with van der Waals surface area (Å²) in [5, 5.41) is 24.0. The van der Waals surface area contributed by atoms with Crippen molar-refractivity contribution in [3.63, 3.8) is 0 Å². The maximum absolute atomic E-state index is 12.4. The lowest BCUT2D eigenvalue weighted by Crippen LogP contribution is -2.33. The predicted octanol–water partition coefficient (Wildman–Crippen LogP) is 3.18. The molecular weight excluding hydrogens is 439 g/mol. The third-order valence-corrected chi connectivity index (χ3v) is 4.78. The SMILES string of the molecule is CN/C(=N\C(=N)c1ccc(C(=O)NCC(F)(F)F)c(OC)c1)Nc1ccc2[nH]ncc2c1C. The first-order valence-corrected chi connectivity index (χ1v) is 9.71. The molecule has 174 valence electrons. The van der Waals surface area contributed by atoms with E-state index in [9.17, 15) is 18.0 Å². The van der Waals surface area contributed by atoms with Gasteiger partial charge in [-0.15, -0.1) is 0 Å². The number of amidine groups is 1. The van der Waals surface area contributed by atoms with Gasteiger partial charge in [0.2, 0.25) is 5.96 Å². The van der Waals surface area contributed by atoms with Crippen molar-refractivity contribution in [1.82, 2.24) is 20.8 Å². The molecule has 12 heteroatoms. The number of nitrogens with one attached hydrogen (secondary N) is 5. The number of amides is 1. The summed E-state index contributed by atoms with van der Waals surface area (Å²) >= 11 is 0. The van der Waals surface area contributed by atoms with E-state index in [4.69, 9.17) is 10.1 Å². The Morgan fingerprint density at radius 1 is 1.27 bits per heavy atom. The summed E-state index contributed by atoms with van der Waals surface area (Å²) in [5.74, 6) is -0.785. The molecule has 0 bridgehead atoms. The number of fused-ring (bicyclic) bond motifs is 1. The average molecular weight is 461 g/mol. The average Bonchev–Trinajstić information content (AvgIpc) is 3.27. The van der Waals surface area contributed by atoms with E-state index < -0.39 is 18.6 Å². The van der Waals surface area contributed by atoms with E-state index in [-0.39, 0.29) is 23.1 Å². The first-order chi connectivity index (χ1) is 15.6. The van der Waals surface area contributed by atoms with Gasteiger partial charge in [-0.25, -0.2) is 0 Å². The van der Waals surface area contributed by atoms with Crippen LogP contribution >= 0.6 is 0 Å². The van der Waals surface area contributed by atoms with E-state index in [1.165, 1.54) is 25.3 Å². The lowest BCUT2D eigenvalue weighted by atomic mass is 10.1. The number of H-pyrrole nitrogens is 1. The Labute approximate surface area is 186 Å². The molecule has 0 atom stereocenters. The number of alkyl halides is 3. The number of aliphatic imine (C=N–C) groups is 1. The number of nitrogens with zero attached hydrogens (tertiary/aromatic N) is 2. The second-order valence-electron chi connectivity index (χ2n) is 6.97. The molecule has 0 saturated carbocycles. The first-order valence-electron chi connectivity index (χ1n) is 9.71. The Morgan fingerprint density at radius 2 is 2.03 bits per heavy atom. The van der Waals surface area contributed by atoms with Crippen molar-refractivity contribution in [3.05, 3.63) is 53.2 Å². The van der Waals surface area contributed by atoms with Gasteiger partial charge in [0.05, 0.1) is 24.4 Å². The van der Waals surface area contributed by atoms with Gasteiger partial charge >= 0.3 is 6.18 Å². The number of aryl methyl sites for hydroxylation is 1. The molecule has 3 rings (SSSR count). The molecule has 0 aliphatic heterocycles. The molecule has 0 fully saturated rings. The first kappa shape index (κ1) is 23.6. The number of ether oxygens (including phenoxy) is 1. The van der Waals surface area contributed by atoms with Gasteiger partial charge in [-0.2, -0.15) is 23.3 Å². The van der Waals surface area contributed by atoms with Crippen LogP contribution in [0, 0.1) is 12.3 Å². The van der Waals surface area contributed by atoms with Gasteiger partial charge in [-0.05, 0) is 36.8 Å². The van der Waals surface area contributed by atoms with Crippen LogP contribution in [0.15, 0.2) is 41.5 Å². The zero-order valence-electron chi connectivity index (χ0n) is 18.0. The van der Waals surface area contributed by atoms with Crippen LogP contribution in [0.3, 0.4) is 0 Å². The van der Waals surface area contributed by atoms with Crippen LogP contribution in [0.1, 0.15) is 21.5 Å². The molecular formula is C21H22F3N7O2. The summed E-state index contributed by atoms with van der Waals surface area (Å²) in [6, 6.07) is 7.78. The van der Waals surface area contributed by atoms with Crippen molar-refractivity contribution < 1.29 is 22.7 Å². The van der Waals surface area contributed by atoms with Crippen LogP contribution in [-0.4, -0.2) is 54.8 Å². The minimum absolute atomic E-state index is 0.0207. The van der Waals surface area contributed by atoms with E-state index >= 15 is 0 Å². The van der Waals surface area contributed by atoms with Gasteiger partial charge in [0.15, 0.2) is 5.84 Å². The third-order valence-electron chi connectivity index (χ3n) is 4.78. The highest BCUT2D eigenvalue weighted by Gasteiger charge is 2.28. The van der Waals surface area contributed by atoms with Crippen molar-refractivity contribution in [2.45, 2.75) is 13.1 Å². The van der Waals surface area contributed by atoms with E-state index in [1.807, 2.05) is 19.1 Å². The number of benzene rings is 2. The predicted molar refractivity (Wildman–Crippen MR) is 119 cm³/mol. The Kier molecular flexibility index (Phi) is 6.85. The zero-order chi connectivity index (χ0) is 24.2. The Bertz CT molecular complexity index is 1220. The van der Waals surface area contributed by atoms with Crippen LogP contribution in [0.5, 0.6) is 5.75 Å². The molecule has 9 nitrogen and oxygen atoms in total. The number of hydrogen-bond donors (Lipinski definition) is 5.